The summed E-state index contributed by atoms with van der Waals surface area (Å²) in [4.78, 5) is 25.0. The fourth-order valence-corrected chi connectivity index (χ4v) is 3.33. The molecule has 2 aliphatic rings. The average molecular weight is 336 g/mol. The topological polar surface area (TPSA) is 71.1 Å². The summed E-state index contributed by atoms with van der Waals surface area (Å²) in [6, 6.07) is 1.30. The molecule has 0 radical (unpaired) electrons. The number of allylic oxidation sites excluding steroid dienone is 1. The Labute approximate surface area is 138 Å². The van der Waals surface area contributed by atoms with Crippen molar-refractivity contribution < 1.29 is 32.9 Å². The summed E-state index contributed by atoms with van der Waals surface area (Å²) >= 11 is 0. The Morgan fingerprint density at radius 2 is 1.92 bits per heavy atom. The second-order valence-electron chi connectivity index (χ2n) is 5.75. The average Bonchev–Trinajstić information content (AvgIpc) is 2.84. The Hall–Kier alpha value is -2.57. The highest BCUT2D eigenvalue weighted by molar-refractivity contribution is 6.13. The third kappa shape index (κ3) is 1.93. The summed E-state index contributed by atoms with van der Waals surface area (Å²) in [5.41, 5.74) is -1.52. The van der Waals surface area contributed by atoms with Crippen molar-refractivity contribution in [3.8, 4) is 17.2 Å². The molecule has 0 aromatic heterocycles. The molecular weight excluding hydrogens is 319 g/mol. The van der Waals surface area contributed by atoms with Gasteiger partial charge in [0, 0.05) is 24.5 Å². The van der Waals surface area contributed by atoms with E-state index in [-0.39, 0.29) is 40.8 Å². The second kappa shape index (κ2) is 5.51. The molecule has 0 N–H and O–H groups in total. The van der Waals surface area contributed by atoms with Crippen LogP contribution in [0.25, 0.3) is 0 Å². The van der Waals surface area contributed by atoms with Gasteiger partial charge < -0.3 is 18.9 Å². The Balaban J connectivity index is 2.24. The minimum absolute atomic E-state index is 0.0139. The third-order valence-corrected chi connectivity index (χ3v) is 4.49. The predicted molar refractivity (Wildman–Crippen MR) is 81.1 cm³/mol. The first-order valence-electron chi connectivity index (χ1n) is 7.38. The zero-order chi connectivity index (χ0) is 17.6. The van der Waals surface area contributed by atoms with E-state index in [1.54, 1.807) is 6.92 Å². The Kier molecular flexibility index (Phi) is 3.74. The lowest BCUT2D eigenvalue weighted by Gasteiger charge is -2.36. The fourth-order valence-electron chi connectivity index (χ4n) is 3.33. The molecule has 1 aromatic carbocycles. The first kappa shape index (κ1) is 16.3. The number of carbonyl (C=O) groups excluding carboxylic acids is 2. The number of rotatable bonds is 3. The van der Waals surface area contributed by atoms with Crippen LogP contribution in [-0.2, 0) is 9.53 Å². The maximum Gasteiger partial charge on any atom is 0.231 e. The molecule has 1 aliphatic carbocycles. The maximum absolute atomic E-state index is 14.4. The number of ether oxygens (including phenoxy) is 4. The zero-order valence-electron chi connectivity index (χ0n) is 13.8. The van der Waals surface area contributed by atoms with Gasteiger partial charge in [0.05, 0.1) is 21.3 Å². The summed E-state index contributed by atoms with van der Waals surface area (Å²) in [7, 11) is 3.92. The number of methoxy groups -OCH3 is 3. The maximum atomic E-state index is 14.4. The van der Waals surface area contributed by atoms with Gasteiger partial charge in [-0.3, -0.25) is 9.59 Å². The summed E-state index contributed by atoms with van der Waals surface area (Å²) in [6.07, 6.45) is 1.37. The summed E-state index contributed by atoms with van der Waals surface area (Å²) < 4.78 is 35.7. The standard InChI is InChI=1S/C17H17FO6/c1-8-5-9(19)6-12(22-3)17(8)16(20)13-10(24-17)7-11(21-2)14(18)15(13)23-4/h6-8H,5H2,1-4H3/t8-,17+/m1/s1. The number of benzene rings is 1. The zero-order valence-corrected chi connectivity index (χ0v) is 13.8. The molecule has 2 atom stereocenters. The molecule has 0 amide bonds. The number of hydrogen-bond acceptors (Lipinski definition) is 6. The molecule has 128 valence electrons. The van der Waals surface area contributed by atoms with Crippen molar-refractivity contribution in [3.05, 3.63) is 29.3 Å². The molecule has 24 heavy (non-hydrogen) atoms. The van der Waals surface area contributed by atoms with Crippen molar-refractivity contribution in [1.29, 1.82) is 0 Å². The van der Waals surface area contributed by atoms with E-state index in [0.29, 0.717) is 0 Å². The van der Waals surface area contributed by atoms with E-state index in [1.165, 1.54) is 33.5 Å². The molecule has 7 heteroatoms. The van der Waals surface area contributed by atoms with Gasteiger partial charge >= 0.3 is 0 Å². The molecule has 0 fully saturated rings. The molecule has 0 bridgehead atoms. The first-order valence-corrected chi connectivity index (χ1v) is 7.38. The quantitative estimate of drug-likeness (QED) is 0.843. The molecule has 1 heterocycles. The van der Waals surface area contributed by atoms with Crippen LogP contribution in [-0.4, -0.2) is 38.5 Å². The monoisotopic (exact) mass is 336 g/mol. The van der Waals surface area contributed by atoms with Gasteiger partial charge in [0.15, 0.2) is 23.0 Å². The molecule has 6 nitrogen and oxygen atoms in total. The van der Waals surface area contributed by atoms with Crippen molar-refractivity contribution in [2.45, 2.75) is 18.9 Å². The minimum atomic E-state index is -1.50. The molecule has 1 aliphatic heterocycles. The number of hydrogen-bond donors (Lipinski definition) is 0. The number of carbonyl (C=O) groups is 2. The molecular formula is C17H17FO6. The van der Waals surface area contributed by atoms with Crippen molar-refractivity contribution >= 4 is 11.6 Å². The predicted octanol–water partition coefficient (Wildman–Crippen LogP) is 2.30. The second-order valence-corrected chi connectivity index (χ2v) is 5.75. The summed E-state index contributed by atoms with van der Waals surface area (Å²) in [6.45, 7) is 1.72. The van der Waals surface area contributed by atoms with Gasteiger partial charge in [-0.2, -0.15) is 4.39 Å². The van der Waals surface area contributed by atoms with Crippen molar-refractivity contribution in [2.75, 3.05) is 21.3 Å². The van der Waals surface area contributed by atoms with Gasteiger partial charge in [-0.15, -0.1) is 0 Å². The van der Waals surface area contributed by atoms with E-state index in [9.17, 15) is 14.0 Å². The molecule has 3 rings (SSSR count). The van der Waals surface area contributed by atoms with E-state index >= 15 is 0 Å². The van der Waals surface area contributed by atoms with Gasteiger partial charge in [0.1, 0.15) is 11.3 Å². The van der Waals surface area contributed by atoms with Crippen molar-refractivity contribution in [1.82, 2.24) is 0 Å². The van der Waals surface area contributed by atoms with Gasteiger partial charge in [0.2, 0.25) is 17.2 Å². The summed E-state index contributed by atoms with van der Waals surface area (Å²) in [5, 5.41) is 0. The van der Waals surface area contributed by atoms with E-state index < -0.39 is 23.1 Å². The lowest BCUT2D eigenvalue weighted by Crippen LogP contribution is -2.51. The lowest BCUT2D eigenvalue weighted by atomic mass is 9.75. The number of Topliss-reactive ketones (excluding diaryl/α,β-unsaturated/α-hetero) is 1. The largest absolute Gasteiger partial charge is 0.496 e. The van der Waals surface area contributed by atoms with Crippen LogP contribution >= 0.6 is 0 Å². The fraction of sp³-hybridized carbons (Fsp3) is 0.412. The van der Waals surface area contributed by atoms with Crippen LogP contribution in [0.15, 0.2) is 17.9 Å². The Morgan fingerprint density at radius 1 is 1.21 bits per heavy atom. The van der Waals surface area contributed by atoms with Gasteiger partial charge in [-0.1, -0.05) is 6.92 Å². The highest BCUT2D eigenvalue weighted by Gasteiger charge is 2.59. The van der Waals surface area contributed by atoms with E-state index in [4.69, 9.17) is 18.9 Å². The third-order valence-electron chi connectivity index (χ3n) is 4.49. The highest BCUT2D eigenvalue weighted by Crippen LogP contribution is 2.51. The number of ketones is 2. The van der Waals surface area contributed by atoms with Crippen LogP contribution in [0.4, 0.5) is 4.39 Å². The highest BCUT2D eigenvalue weighted by atomic mass is 19.1. The van der Waals surface area contributed by atoms with E-state index in [0.717, 1.165) is 0 Å². The van der Waals surface area contributed by atoms with Gasteiger partial charge in [0.25, 0.3) is 0 Å². The van der Waals surface area contributed by atoms with Crippen LogP contribution < -0.4 is 14.2 Å². The first-order chi connectivity index (χ1) is 11.4. The summed E-state index contributed by atoms with van der Waals surface area (Å²) in [5.74, 6) is -2.02. The normalized spacial score (nSPS) is 25.2. The van der Waals surface area contributed by atoms with Crippen molar-refractivity contribution in [2.24, 2.45) is 5.92 Å². The number of fused-ring (bicyclic) bond motifs is 1. The van der Waals surface area contributed by atoms with Crippen LogP contribution in [0.3, 0.4) is 0 Å². The van der Waals surface area contributed by atoms with Gasteiger partial charge in [-0.25, -0.2) is 0 Å². The van der Waals surface area contributed by atoms with E-state index in [1.807, 2.05) is 0 Å². The smallest absolute Gasteiger partial charge is 0.231 e. The molecule has 0 saturated carbocycles. The van der Waals surface area contributed by atoms with Crippen LogP contribution in [0.2, 0.25) is 0 Å². The van der Waals surface area contributed by atoms with Crippen LogP contribution in [0.5, 0.6) is 17.2 Å². The lowest BCUT2D eigenvalue weighted by molar-refractivity contribution is -0.118. The SMILES string of the molecule is COC1=CC(=O)C[C@@H](C)[C@]12Oc1cc(OC)c(F)c(OC)c1C2=O. The van der Waals surface area contributed by atoms with Crippen LogP contribution in [0, 0.1) is 11.7 Å². The molecule has 1 spiro atoms. The minimum Gasteiger partial charge on any atom is -0.496 e. The molecule has 1 aromatic rings. The Morgan fingerprint density at radius 3 is 2.50 bits per heavy atom. The molecule has 0 unspecified atom stereocenters. The van der Waals surface area contributed by atoms with Crippen LogP contribution in [0.1, 0.15) is 23.7 Å². The number of halogens is 1. The van der Waals surface area contributed by atoms with Gasteiger partial charge in [-0.05, 0) is 0 Å². The Bertz CT molecular complexity index is 769. The van der Waals surface area contributed by atoms with Crippen molar-refractivity contribution in [3.63, 3.8) is 0 Å². The molecule has 0 saturated heterocycles. The van der Waals surface area contributed by atoms with E-state index in [2.05, 4.69) is 0 Å².